The molecule has 2 aromatic heterocycles. The maximum atomic E-state index is 6.27. The van der Waals surface area contributed by atoms with Gasteiger partial charge in [0.15, 0.2) is 11.5 Å². The van der Waals surface area contributed by atoms with Crippen molar-refractivity contribution in [2.75, 3.05) is 6.79 Å². The van der Waals surface area contributed by atoms with Crippen molar-refractivity contribution >= 4 is 11.0 Å². The van der Waals surface area contributed by atoms with Crippen molar-refractivity contribution in [2.24, 2.45) is 0 Å². The zero-order valence-corrected chi connectivity index (χ0v) is 17.4. The molecular formula is C25H24N2O3. The van der Waals surface area contributed by atoms with Crippen LogP contribution in [0.4, 0.5) is 0 Å². The average Bonchev–Trinajstić information content (AvgIpc) is 3.32. The second kappa shape index (κ2) is 7.41. The Hall–Kier alpha value is -3.47. The molecule has 0 saturated heterocycles. The molecule has 0 fully saturated rings. The first-order chi connectivity index (χ1) is 14.6. The molecular weight excluding hydrogens is 376 g/mol. The third kappa shape index (κ3) is 3.26. The van der Waals surface area contributed by atoms with Gasteiger partial charge in [-0.3, -0.25) is 4.98 Å². The number of ether oxygens (including phenoxy) is 3. The van der Waals surface area contributed by atoms with Crippen molar-refractivity contribution in [3.8, 4) is 17.2 Å². The van der Waals surface area contributed by atoms with E-state index in [0.717, 1.165) is 40.4 Å². The Morgan fingerprint density at radius 3 is 2.53 bits per heavy atom. The predicted molar refractivity (Wildman–Crippen MR) is 116 cm³/mol. The number of pyridine rings is 1. The van der Waals surface area contributed by atoms with E-state index in [1.54, 1.807) is 0 Å². The van der Waals surface area contributed by atoms with Gasteiger partial charge >= 0.3 is 0 Å². The van der Waals surface area contributed by atoms with E-state index < -0.39 is 0 Å². The number of benzene rings is 2. The molecule has 2 aromatic carbocycles. The fourth-order valence-electron chi connectivity index (χ4n) is 3.90. The lowest BCUT2D eigenvalue weighted by Crippen LogP contribution is -2.04. The summed E-state index contributed by atoms with van der Waals surface area (Å²) < 4.78 is 19.5. The summed E-state index contributed by atoms with van der Waals surface area (Å²) in [5, 5.41) is 0. The summed E-state index contributed by atoms with van der Waals surface area (Å²) in [6, 6.07) is 16.5. The first-order valence-corrected chi connectivity index (χ1v) is 10.1. The minimum absolute atomic E-state index is 0.274. The minimum Gasteiger partial charge on any atom is -0.487 e. The first-order valence-electron chi connectivity index (χ1n) is 10.1. The summed E-state index contributed by atoms with van der Waals surface area (Å²) in [4.78, 5) is 4.64. The second-order valence-corrected chi connectivity index (χ2v) is 7.76. The van der Waals surface area contributed by atoms with Gasteiger partial charge in [0.05, 0.1) is 5.52 Å². The van der Waals surface area contributed by atoms with Crippen LogP contribution < -0.4 is 14.2 Å². The van der Waals surface area contributed by atoms with Crippen LogP contribution in [0.1, 0.15) is 27.9 Å². The van der Waals surface area contributed by atoms with E-state index in [4.69, 9.17) is 14.2 Å². The van der Waals surface area contributed by atoms with Crippen LogP contribution in [0.5, 0.6) is 17.2 Å². The summed E-state index contributed by atoms with van der Waals surface area (Å²) in [7, 11) is 0. The van der Waals surface area contributed by atoms with Crippen LogP contribution in [0, 0.1) is 20.8 Å². The van der Waals surface area contributed by atoms with Gasteiger partial charge in [-0.2, -0.15) is 0 Å². The Bertz CT molecular complexity index is 1230. The molecule has 30 heavy (non-hydrogen) atoms. The van der Waals surface area contributed by atoms with Gasteiger partial charge in [-0.1, -0.05) is 35.9 Å². The Morgan fingerprint density at radius 2 is 1.70 bits per heavy atom. The van der Waals surface area contributed by atoms with Gasteiger partial charge in [0.2, 0.25) is 6.79 Å². The molecule has 0 saturated carbocycles. The second-order valence-electron chi connectivity index (χ2n) is 7.76. The summed E-state index contributed by atoms with van der Waals surface area (Å²) >= 11 is 0. The van der Waals surface area contributed by atoms with E-state index in [2.05, 4.69) is 54.6 Å². The van der Waals surface area contributed by atoms with Gasteiger partial charge in [-0.25, -0.2) is 0 Å². The SMILES string of the molecule is Cc1ccc(Cn2c(C)c(C)c3nccc(OCc4ccc5c(c4)OCO5)c32)cc1. The Labute approximate surface area is 175 Å². The lowest BCUT2D eigenvalue weighted by atomic mass is 10.1. The molecule has 1 aliphatic rings. The molecule has 5 heteroatoms. The van der Waals surface area contributed by atoms with Crippen LogP contribution >= 0.6 is 0 Å². The van der Waals surface area contributed by atoms with Crippen LogP contribution in [0.3, 0.4) is 0 Å². The van der Waals surface area contributed by atoms with Crippen LogP contribution in [0.25, 0.3) is 11.0 Å². The number of rotatable bonds is 5. The van der Waals surface area contributed by atoms with E-state index in [-0.39, 0.29) is 6.79 Å². The average molecular weight is 400 g/mol. The zero-order chi connectivity index (χ0) is 20.7. The number of hydrogen-bond donors (Lipinski definition) is 0. The third-order valence-electron chi connectivity index (χ3n) is 5.75. The van der Waals surface area contributed by atoms with E-state index in [9.17, 15) is 0 Å². The molecule has 5 nitrogen and oxygen atoms in total. The lowest BCUT2D eigenvalue weighted by molar-refractivity contribution is 0.174. The van der Waals surface area contributed by atoms with Crippen LogP contribution in [-0.4, -0.2) is 16.3 Å². The van der Waals surface area contributed by atoms with Gasteiger partial charge in [0.25, 0.3) is 0 Å². The van der Waals surface area contributed by atoms with Gasteiger partial charge in [0, 0.05) is 24.5 Å². The van der Waals surface area contributed by atoms with Crippen molar-refractivity contribution in [3.63, 3.8) is 0 Å². The quantitative estimate of drug-likeness (QED) is 0.455. The number of nitrogens with zero attached hydrogens (tertiary/aromatic N) is 2. The topological polar surface area (TPSA) is 45.5 Å². The molecule has 3 heterocycles. The van der Waals surface area contributed by atoms with E-state index in [1.807, 2.05) is 30.5 Å². The van der Waals surface area contributed by atoms with Crippen molar-refractivity contribution in [1.82, 2.24) is 9.55 Å². The van der Waals surface area contributed by atoms with Gasteiger partial charge in [-0.15, -0.1) is 0 Å². The van der Waals surface area contributed by atoms with Crippen LogP contribution in [-0.2, 0) is 13.2 Å². The first kappa shape index (κ1) is 18.6. The van der Waals surface area contributed by atoms with Crippen molar-refractivity contribution < 1.29 is 14.2 Å². The highest BCUT2D eigenvalue weighted by atomic mass is 16.7. The van der Waals surface area contributed by atoms with Gasteiger partial charge in [-0.05, 0) is 49.6 Å². The maximum absolute atomic E-state index is 6.27. The highest BCUT2D eigenvalue weighted by molar-refractivity contribution is 5.86. The fraction of sp³-hybridized carbons (Fsp3) is 0.240. The molecule has 0 radical (unpaired) electrons. The molecule has 5 rings (SSSR count). The van der Waals surface area contributed by atoms with Crippen LogP contribution in [0.2, 0.25) is 0 Å². The number of aryl methyl sites for hydroxylation is 2. The molecule has 1 aliphatic heterocycles. The van der Waals surface area contributed by atoms with E-state index in [1.165, 1.54) is 22.4 Å². The number of fused-ring (bicyclic) bond motifs is 2. The summed E-state index contributed by atoms with van der Waals surface area (Å²) in [5.74, 6) is 2.38. The van der Waals surface area contributed by atoms with E-state index >= 15 is 0 Å². The smallest absolute Gasteiger partial charge is 0.231 e. The fourth-order valence-corrected chi connectivity index (χ4v) is 3.90. The molecule has 0 aliphatic carbocycles. The van der Waals surface area contributed by atoms with E-state index in [0.29, 0.717) is 6.61 Å². The third-order valence-corrected chi connectivity index (χ3v) is 5.75. The Balaban J connectivity index is 1.49. The van der Waals surface area contributed by atoms with Crippen molar-refractivity contribution in [1.29, 1.82) is 0 Å². The molecule has 0 unspecified atom stereocenters. The molecule has 0 amide bonds. The molecule has 0 N–H and O–H groups in total. The van der Waals surface area contributed by atoms with Crippen molar-refractivity contribution in [3.05, 3.63) is 82.7 Å². The molecule has 4 aromatic rings. The maximum Gasteiger partial charge on any atom is 0.231 e. The standard InChI is InChI=1S/C25H24N2O3/c1-16-4-6-19(7-5-16)13-27-18(3)17(2)24-25(27)22(10-11-26-24)28-14-20-8-9-21-23(12-20)30-15-29-21/h4-12H,13-15H2,1-3H3. The molecule has 0 spiro atoms. The summed E-state index contributed by atoms with van der Waals surface area (Å²) in [6.45, 7) is 7.88. The lowest BCUT2D eigenvalue weighted by Gasteiger charge is -2.13. The Kier molecular flexibility index (Phi) is 4.58. The van der Waals surface area contributed by atoms with Gasteiger partial charge < -0.3 is 18.8 Å². The highest BCUT2D eigenvalue weighted by Gasteiger charge is 2.18. The predicted octanol–water partition coefficient (Wildman–Crippen LogP) is 5.32. The van der Waals surface area contributed by atoms with Crippen molar-refractivity contribution in [2.45, 2.75) is 33.9 Å². The molecule has 0 bridgehead atoms. The highest BCUT2D eigenvalue weighted by Crippen LogP contribution is 2.34. The summed E-state index contributed by atoms with van der Waals surface area (Å²) in [6.07, 6.45) is 1.82. The molecule has 152 valence electrons. The number of hydrogen-bond acceptors (Lipinski definition) is 4. The molecule has 0 atom stereocenters. The largest absolute Gasteiger partial charge is 0.487 e. The summed E-state index contributed by atoms with van der Waals surface area (Å²) in [5.41, 5.74) is 7.97. The monoisotopic (exact) mass is 400 g/mol. The number of aromatic nitrogens is 2. The minimum atomic E-state index is 0.274. The normalized spacial score (nSPS) is 12.5. The van der Waals surface area contributed by atoms with Gasteiger partial charge in [0.1, 0.15) is 17.9 Å². The van der Waals surface area contributed by atoms with Crippen LogP contribution in [0.15, 0.2) is 54.7 Å². The zero-order valence-electron chi connectivity index (χ0n) is 17.4. The Morgan fingerprint density at radius 1 is 0.933 bits per heavy atom.